The lowest BCUT2D eigenvalue weighted by molar-refractivity contribution is -0.123. The topological polar surface area (TPSA) is 50.4 Å². The van der Waals surface area contributed by atoms with Crippen LogP contribution in [0.4, 0.5) is 11.4 Å². The molecule has 1 amide bonds. The van der Waals surface area contributed by atoms with E-state index in [0.717, 1.165) is 38.1 Å². The van der Waals surface area contributed by atoms with Crippen molar-refractivity contribution in [1.29, 1.82) is 0 Å². The normalized spacial score (nSPS) is 20.9. The molecule has 1 aromatic carbocycles. The predicted octanol–water partition coefficient (Wildman–Crippen LogP) is 2.44. The highest BCUT2D eigenvalue weighted by Gasteiger charge is 2.22. The van der Waals surface area contributed by atoms with Crippen LogP contribution in [-0.4, -0.2) is 25.7 Å². The molecule has 3 rings (SSSR count). The van der Waals surface area contributed by atoms with E-state index >= 15 is 0 Å². The molecule has 4 nitrogen and oxygen atoms in total. The minimum atomic E-state index is 0. The van der Waals surface area contributed by atoms with Gasteiger partial charge in [-0.05, 0) is 43.0 Å². The predicted molar refractivity (Wildman–Crippen MR) is 78.1 cm³/mol. The number of anilines is 2. The van der Waals surface area contributed by atoms with Crippen LogP contribution in [0.5, 0.6) is 0 Å². The second kappa shape index (κ2) is 6.26. The van der Waals surface area contributed by atoms with Crippen molar-refractivity contribution in [2.75, 3.05) is 30.4 Å². The van der Waals surface area contributed by atoms with Gasteiger partial charge in [0.15, 0.2) is 0 Å². The zero-order valence-corrected chi connectivity index (χ0v) is 11.6. The molecule has 1 aromatic rings. The Morgan fingerprint density at radius 2 is 2.32 bits per heavy atom. The summed E-state index contributed by atoms with van der Waals surface area (Å²) >= 11 is 0. The summed E-state index contributed by atoms with van der Waals surface area (Å²) in [5.74, 6) is 0.0886. The lowest BCUT2D eigenvalue weighted by Crippen LogP contribution is -2.30. The number of benzene rings is 1. The van der Waals surface area contributed by atoms with Gasteiger partial charge in [0.05, 0.1) is 12.5 Å². The zero-order chi connectivity index (χ0) is 12.4. The van der Waals surface area contributed by atoms with E-state index in [1.807, 2.05) is 12.1 Å². The number of halogens is 1. The lowest BCUT2D eigenvalue weighted by Gasteiger charge is -2.21. The van der Waals surface area contributed by atoms with Crippen molar-refractivity contribution >= 4 is 29.7 Å². The number of hydrogen-bond acceptors (Lipinski definition) is 3. The summed E-state index contributed by atoms with van der Waals surface area (Å²) < 4.78 is 5.34. The van der Waals surface area contributed by atoms with Crippen molar-refractivity contribution in [3.63, 3.8) is 0 Å². The summed E-state index contributed by atoms with van der Waals surface area (Å²) in [7, 11) is 0. The van der Waals surface area contributed by atoms with E-state index in [9.17, 15) is 4.79 Å². The molecule has 0 spiro atoms. The van der Waals surface area contributed by atoms with Crippen molar-refractivity contribution in [2.45, 2.75) is 19.3 Å². The van der Waals surface area contributed by atoms with Gasteiger partial charge in [-0.2, -0.15) is 0 Å². The minimum absolute atomic E-state index is 0. The van der Waals surface area contributed by atoms with Crippen LogP contribution in [0.1, 0.15) is 18.4 Å². The Morgan fingerprint density at radius 3 is 3.11 bits per heavy atom. The Kier molecular flexibility index (Phi) is 4.66. The van der Waals surface area contributed by atoms with E-state index in [0.29, 0.717) is 6.61 Å². The van der Waals surface area contributed by atoms with Crippen molar-refractivity contribution in [2.24, 2.45) is 5.92 Å². The van der Waals surface area contributed by atoms with Crippen LogP contribution in [0.25, 0.3) is 0 Å². The molecule has 0 saturated carbocycles. The average molecular weight is 283 g/mol. The van der Waals surface area contributed by atoms with Crippen LogP contribution < -0.4 is 10.6 Å². The monoisotopic (exact) mass is 282 g/mol. The standard InChI is InChI=1S/C14H18N2O2.ClH/c17-14(11-2-1-7-18-9-11)16-12-3-4-13-10(8-12)5-6-15-13;/h3-4,8,11,15H,1-2,5-7,9H2,(H,16,17);1H. The number of fused-ring (bicyclic) bond motifs is 1. The molecule has 2 aliphatic rings. The molecule has 5 heteroatoms. The van der Waals surface area contributed by atoms with Crippen LogP contribution in [-0.2, 0) is 16.0 Å². The molecule has 0 radical (unpaired) electrons. The van der Waals surface area contributed by atoms with Crippen LogP contribution in [0.15, 0.2) is 18.2 Å². The third kappa shape index (κ3) is 3.19. The summed E-state index contributed by atoms with van der Waals surface area (Å²) in [4.78, 5) is 12.1. The van der Waals surface area contributed by atoms with Crippen molar-refractivity contribution in [3.8, 4) is 0 Å². The van der Waals surface area contributed by atoms with Gasteiger partial charge in [-0.1, -0.05) is 0 Å². The summed E-state index contributed by atoms with van der Waals surface area (Å²) in [6.45, 7) is 2.33. The Hall–Kier alpha value is -1.26. The van der Waals surface area contributed by atoms with Gasteiger partial charge in [0.2, 0.25) is 5.91 Å². The largest absolute Gasteiger partial charge is 0.384 e. The summed E-state index contributed by atoms with van der Waals surface area (Å²) in [6, 6.07) is 6.06. The number of ether oxygens (including phenoxy) is 1. The Labute approximate surface area is 119 Å². The third-order valence-electron chi connectivity index (χ3n) is 3.61. The molecule has 0 aromatic heterocycles. The highest BCUT2D eigenvalue weighted by Crippen LogP contribution is 2.26. The summed E-state index contributed by atoms with van der Waals surface area (Å²) in [5, 5.41) is 6.31. The number of rotatable bonds is 2. The number of carbonyl (C=O) groups is 1. The molecule has 104 valence electrons. The zero-order valence-electron chi connectivity index (χ0n) is 10.8. The highest BCUT2D eigenvalue weighted by molar-refractivity contribution is 5.93. The first-order valence-electron chi connectivity index (χ1n) is 6.58. The second-order valence-corrected chi connectivity index (χ2v) is 4.95. The molecule has 1 fully saturated rings. The van der Waals surface area contributed by atoms with Gasteiger partial charge < -0.3 is 15.4 Å². The van der Waals surface area contributed by atoms with E-state index < -0.39 is 0 Å². The van der Waals surface area contributed by atoms with Crippen LogP contribution in [0, 0.1) is 5.92 Å². The Morgan fingerprint density at radius 1 is 1.42 bits per heavy atom. The average Bonchev–Trinajstić information content (AvgIpc) is 2.87. The first-order chi connectivity index (χ1) is 8.83. The van der Waals surface area contributed by atoms with Crippen molar-refractivity contribution in [1.82, 2.24) is 0 Å². The highest BCUT2D eigenvalue weighted by atomic mass is 35.5. The lowest BCUT2D eigenvalue weighted by atomic mass is 10.0. The van der Waals surface area contributed by atoms with Crippen LogP contribution >= 0.6 is 12.4 Å². The molecule has 0 bridgehead atoms. The summed E-state index contributed by atoms with van der Waals surface area (Å²) in [6.07, 6.45) is 2.94. The molecule has 1 atom stereocenters. The van der Waals surface area contributed by atoms with Gasteiger partial charge >= 0.3 is 0 Å². The molecule has 2 N–H and O–H groups in total. The van der Waals surface area contributed by atoms with E-state index in [2.05, 4.69) is 16.7 Å². The van der Waals surface area contributed by atoms with Gasteiger partial charge in [-0.3, -0.25) is 4.79 Å². The van der Waals surface area contributed by atoms with E-state index in [4.69, 9.17) is 4.74 Å². The maximum Gasteiger partial charge on any atom is 0.229 e. The van der Waals surface area contributed by atoms with Gasteiger partial charge in [-0.25, -0.2) is 0 Å². The third-order valence-corrected chi connectivity index (χ3v) is 3.61. The molecule has 1 unspecified atom stereocenters. The number of carbonyl (C=O) groups excluding carboxylic acids is 1. The minimum Gasteiger partial charge on any atom is -0.384 e. The molecule has 19 heavy (non-hydrogen) atoms. The van der Waals surface area contributed by atoms with Crippen LogP contribution in [0.2, 0.25) is 0 Å². The van der Waals surface area contributed by atoms with Gasteiger partial charge in [0.25, 0.3) is 0 Å². The molecule has 2 heterocycles. The Bertz CT molecular complexity index is 459. The Balaban J connectivity index is 0.00000133. The number of nitrogens with one attached hydrogen (secondary N) is 2. The first kappa shape index (κ1) is 14.2. The summed E-state index contributed by atoms with van der Waals surface area (Å²) in [5.41, 5.74) is 3.37. The number of amides is 1. The van der Waals surface area contributed by atoms with Gasteiger partial charge in [0, 0.05) is 24.5 Å². The SMILES string of the molecule is Cl.O=C(Nc1ccc2c(c1)CCN2)C1CCCOC1. The molecule has 0 aliphatic carbocycles. The fourth-order valence-electron chi connectivity index (χ4n) is 2.57. The maximum absolute atomic E-state index is 12.1. The molecular weight excluding hydrogens is 264 g/mol. The van der Waals surface area contributed by atoms with E-state index in [1.54, 1.807) is 0 Å². The second-order valence-electron chi connectivity index (χ2n) is 4.95. The molecule has 1 saturated heterocycles. The van der Waals surface area contributed by atoms with Gasteiger partial charge in [0.1, 0.15) is 0 Å². The molecular formula is C14H19ClN2O2. The smallest absolute Gasteiger partial charge is 0.229 e. The van der Waals surface area contributed by atoms with E-state index in [1.165, 1.54) is 11.3 Å². The first-order valence-corrected chi connectivity index (χ1v) is 6.58. The number of hydrogen-bond donors (Lipinski definition) is 2. The van der Waals surface area contributed by atoms with Gasteiger partial charge in [-0.15, -0.1) is 12.4 Å². The van der Waals surface area contributed by atoms with Crippen molar-refractivity contribution in [3.05, 3.63) is 23.8 Å². The molecule has 2 aliphatic heterocycles. The van der Waals surface area contributed by atoms with Crippen LogP contribution in [0.3, 0.4) is 0 Å². The van der Waals surface area contributed by atoms with E-state index in [-0.39, 0.29) is 24.2 Å². The fourth-order valence-corrected chi connectivity index (χ4v) is 2.57. The fraction of sp³-hybridized carbons (Fsp3) is 0.500. The van der Waals surface area contributed by atoms with Crippen molar-refractivity contribution < 1.29 is 9.53 Å². The quantitative estimate of drug-likeness (QED) is 0.876. The maximum atomic E-state index is 12.1.